The van der Waals surface area contributed by atoms with E-state index in [1.54, 1.807) is 36.4 Å². The number of aromatic amines is 1. The van der Waals surface area contributed by atoms with Crippen LogP contribution in [-0.2, 0) is 11.0 Å². The molecule has 48 heavy (non-hydrogen) atoms. The van der Waals surface area contributed by atoms with Gasteiger partial charge in [-0.3, -0.25) is 14.4 Å². The first-order chi connectivity index (χ1) is 22.8. The number of hydrogen-bond acceptors (Lipinski definition) is 5. The number of nitrogens with zero attached hydrogens (tertiary/aromatic N) is 2. The van der Waals surface area contributed by atoms with Crippen LogP contribution >= 0.6 is 0 Å². The largest absolute Gasteiger partial charge is 0.416 e. The zero-order valence-electron chi connectivity index (χ0n) is 26.9. The molecule has 3 amide bonds. The normalized spacial score (nSPS) is 16.8. The lowest BCUT2D eigenvalue weighted by Crippen LogP contribution is -2.34. The Bertz CT molecular complexity index is 1960. The molecule has 12 heteroatoms. The Hall–Kier alpha value is -5.36. The van der Waals surface area contributed by atoms with Crippen molar-refractivity contribution in [2.75, 3.05) is 43.1 Å². The molecule has 1 atom stereocenters. The van der Waals surface area contributed by atoms with Crippen LogP contribution in [0.25, 0.3) is 11.6 Å². The van der Waals surface area contributed by atoms with Crippen molar-refractivity contribution >= 4 is 52.1 Å². The Morgan fingerprint density at radius 3 is 2.44 bits per heavy atom. The molecular formula is C36H35F3N6O3. The van der Waals surface area contributed by atoms with Gasteiger partial charge in [-0.2, -0.15) is 13.2 Å². The van der Waals surface area contributed by atoms with Gasteiger partial charge in [0.15, 0.2) is 0 Å². The number of likely N-dealkylation sites (N-methyl/N-ethyl adjacent to an activating group) is 1. The van der Waals surface area contributed by atoms with Crippen LogP contribution in [0.3, 0.4) is 0 Å². The van der Waals surface area contributed by atoms with E-state index >= 15 is 0 Å². The van der Waals surface area contributed by atoms with E-state index < -0.39 is 17.6 Å². The summed E-state index contributed by atoms with van der Waals surface area (Å²) in [5.74, 6) is -0.952. The average Bonchev–Trinajstić information content (AvgIpc) is 3.73. The number of amides is 3. The first-order valence-electron chi connectivity index (χ1n) is 15.5. The fourth-order valence-corrected chi connectivity index (χ4v) is 6.19. The van der Waals surface area contributed by atoms with Crippen molar-refractivity contribution in [1.82, 2.24) is 14.8 Å². The third-order valence-corrected chi connectivity index (χ3v) is 8.82. The highest BCUT2D eigenvalue weighted by Crippen LogP contribution is 2.37. The second-order valence-corrected chi connectivity index (χ2v) is 12.3. The summed E-state index contributed by atoms with van der Waals surface area (Å²) in [7, 11) is 4.04. The van der Waals surface area contributed by atoms with Crippen LogP contribution in [0.5, 0.6) is 0 Å². The van der Waals surface area contributed by atoms with Crippen molar-refractivity contribution in [3.63, 3.8) is 0 Å². The lowest BCUT2D eigenvalue weighted by molar-refractivity contribution is -0.137. The van der Waals surface area contributed by atoms with Gasteiger partial charge in [0.1, 0.15) is 0 Å². The van der Waals surface area contributed by atoms with E-state index in [0.717, 1.165) is 29.8 Å². The number of aromatic nitrogens is 1. The van der Waals surface area contributed by atoms with Gasteiger partial charge in [-0.25, -0.2) is 0 Å². The van der Waals surface area contributed by atoms with E-state index in [2.05, 4.69) is 25.8 Å². The molecule has 1 aromatic heterocycles. The predicted molar refractivity (Wildman–Crippen MR) is 180 cm³/mol. The number of rotatable bonds is 7. The summed E-state index contributed by atoms with van der Waals surface area (Å²) >= 11 is 0. The quantitative estimate of drug-likeness (QED) is 0.162. The van der Waals surface area contributed by atoms with Crippen LogP contribution in [0.2, 0.25) is 0 Å². The fourth-order valence-electron chi connectivity index (χ4n) is 6.19. The first-order valence-corrected chi connectivity index (χ1v) is 15.5. The van der Waals surface area contributed by atoms with Crippen molar-refractivity contribution in [2.45, 2.75) is 32.5 Å². The molecule has 248 valence electrons. The Balaban J connectivity index is 1.17. The van der Waals surface area contributed by atoms with Gasteiger partial charge in [-0.1, -0.05) is 18.2 Å². The number of aryl methyl sites for hydroxylation is 1. The van der Waals surface area contributed by atoms with Gasteiger partial charge in [0, 0.05) is 58.7 Å². The van der Waals surface area contributed by atoms with E-state index in [-0.39, 0.29) is 17.4 Å². The van der Waals surface area contributed by atoms with Gasteiger partial charge in [-0.05, 0) is 94.5 Å². The fraction of sp³-hybridized carbons (Fsp3) is 0.250. The topological polar surface area (TPSA) is 110 Å². The number of H-pyrrole nitrogens is 1. The van der Waals surface area contributed by atoms with E-state index in [0.29, 0.717) is 64.3 Å². The summed E-state index contributed by atoms with van der Waals surface area (Å²) in [6, 6.07) is 16.7. The van der Waals surface area contributed by atoms with Crippen LogP contribution in [0.1, 0.15) is 55.2 Å². The maximum atomic E-state index is 13.5. The highest BCUT2D eigenvalue weighted by atomic mass is 19.4. The number of carbonyl (C=O) groups is 3. The lowest BCUT2D eigenvalue weighted by atomic mass is 10.0. The standard InChI is InChI=1S/C36H35F3N6O3/c1-20-30(40-21(2)32(20)35(48)45-14-13-27(19-45)44(3)4)18-29-28-12-11-26(17-31(28)43-34(29)47)41-24-9-6-10-25(16-24)42-33(46)22-7-5-8-23(15-22)36(37,38)39/h5-12,15-18,27,40-41H,13-14,19H2,1-4H3,(H,42,46)(H,43,47). The monoisotopic (exact) mass is 656 g/mol. The lowest BCUT2D eigenvalue weighted by Gasteiger charge is -2.20. The SMILES string of the molecule is Cc1[nH]c(C=C2C(=O)Nc3cc(Nc4cccc(NC(=O)c5cccc(C(F)(F)F)c5)c4)ccc32)c(C)c1C(=O)N1CCC(N(C)C)C1. The molecule has 1 unspecified atom stereocenters. The third kappa shape index (κ3) is 6.56. The maximum absolute atomic E-state index is 13.5. The number of nitrogens with one attached hydrogen (secondary N) is 4. The molecule has 3 heterocycles. The van der Waals surface area contributed by atoms with Crippen LogP contribution in [0.4, 0.5) is 35.9 Å². The van der Waals surface area contributed by atoms with Crippen molar-refractivity contribution in [2.24, 2.45) is 0 Å². The van der Waals surface area contributed by atoms with Crippen molar-refractivity contribution in [1.29, 1.82) is 0 Å². The molecule has 9 nitrogen and oxygen atoms in total. The van der Waals surface area contributed by atoms with Crippen LogP contribution in [0.15, 0.2) is 66.7 Å². The predicted octanol–water partition coefficient (Wildman–Crippen LogP) is 6.92. The number of carbonyl (C=O) groups excluding carboxylic acids is 3. The van der Waals surface area contributed by atoms with E-state index in [9.17, 15) is 27.6 Å². The molecule has 1 saturated heterocycles. The number of halogens is 3. The first kappa shape index (κ1) is 32.6. The minimum absolute atomic E-state index is 0.0125. The molecule has 2 aliphatic rings. The van der Waals surface area contributed by atoms with E-state index in [1.165, 1.54) is 12.1 Å². The summed E-state index contributed by atoms with van der Waals surface area (Å²) in [5.41, 5.74) is 5.30. The molecule has 1 fully saturated rings. The van der Waals surface area contributed by atoms with Gasteiger partial charge < -0.3 is 30.7 Å². The third-order valence-electron chi connectivity index (χ3n) is 8.82. The summed E-state index contributed by atoms with van der Waals surface area (Å²) in [6.07, 6.45) is -1.85. The zero-order valence-corrected chi connectivity index (χ0v) is 26.9. The number of anilines is 4. The smallest absolute Gasteiger partial charge is 0.358 e. The highest BCUT2D eigenvalue weighted by molar-refractivity contribution is 6.35. The van der Waals surface area contributed by atoms with Gasteiger partial charge in [-0.15, -0.1) is 0 Å². The second kappa shape index (κ2) is 12.7. The average molecular weight is 657 g/mol. The van der Waals surface area contributed by atoms with Gasteiger partial charge in [0.2, 0.25) is 0 Å². The molecule has 0 aliphatic carbocycles. The summed E-state index contributed by atoms with van der Waals surface area (Å²) in [4.78, 5) is 46.6. The minimum Gasteiger partial charge on any atom is -0.358 e. The van der Waals surface area contributed by atoms with Crippen LogP contribution in [0, 0.1) is 13.8 Å². The van der Waals surface area contributed by atoms with Crippen molar-refractivity contribution < 1.29 is 27.6 Å². The number of likely N-dealkylation sites (tertiary alicyclic amines) is 1. The summed E-state index contributed by atoms with van der Waals surface area (Å²) < 4.78 is 39.3. The van der Waals surface area contributed by atoms with Gasteiger partial charge in [0.25, 0.3) is 17.7 Å². The Morgan fingerprint density at radius 1 is 0.979 bits per heavy atom. The minimum atomic E-state index is -4.56. The molecule has 0 spiro atoms. The molecule has 0 radical (unpaired) electrons. The number of benzene rings is 3. The molecular weight excluding hydrogens is 621 g/mol. The molecule has 3 aromatic carbocycles. The van der Waals surface area contributed by atoms with E-state index in [1.807, 2.05) is 45.0 Å². The number of fused-ring (bicyclic) bond motifs is 1. The molecule has 4 N–H and O–H groups in total. The second-order valence-electron chi connectivity index (χ2n) is 12.3. The number of alkyl halides is 3. The maximum Gasteiger partial charge on any atom is 0.416 e. The summed E-state index contributed by atoms with van der Waals surface area (Å²) in [5, 5.41) is 8.79. The Kier molecular flexibility index (Phi) is 8.61. The molecule has 4 aromatic rings. The molecule has 2 aliphatic heterocycles. The Morgan fingerprint density at radius 2 is 1.71 bits per heavy atom. The van der Waals surface area contributed by atoms with Crippen LogP contribution < -0.4 is 16.0 Å². The molecule has 0 bridgehead atoms. The summed E-state index contributed by atoms with van der Waals surface area (Å²) in [6.45, 7) is 5.14. The van der Waals surface area contributed by atoms with Gasteiger partial charge >= 0.3 is 6.18 Å². The highest BCUT2D eigenvalue weighted by Gasteiger charge is 2.32. The number of hydrogen-bond donors (Lipinski definition) is 4. The Labute approximate surface area is 275 Å². The van der Waals surface area contributed by atoms with E-state index in [4.69, 9.17) is 0 Å². The molecule has 0 saturated carbocycles. The van der Waals surface area contributed by atoms with Crippen molar-refractivity contribution in [3.05, 3.63) is 106 Å². The van der Waals surface area contributed by atoms with Crippen molar-refractivity contribution in [3.8, 4) is 0 Å². The zero-order chi connectivity index (χ0) is 34.3. The van der Waals surface area contributed by atoms with Gasteiger partial charge in [0.05, 0.1) is 22.4 Å². The van der Waals surface area contributed by atoms with Crippen LogP contribution in [-0.4, -0.2) is 65.7 Å². The molecule has 6 rings (SSSR count).